The molecule has 0 bridgehead atoms. The molecule has 0 radical (unpaired) electrons. The van der Waals surface area contributed by atoms with Crippen molar-refractivity contribution in [2.75, 3.05) is 11.9 Å². The van der Waals surface area contributed by atoms with Gasteiger partial charge in [0.2, 0.25) is 0 Å². The number of aromatic carboxylic acids is 1. The van der Waals surface area contributed by atoms with E-state index in [4.69, 9.17) is 56.9 Å². The number of carboxylic acid groups (broad SMARTS) is 1. The van der Waals surface area contributed by atoms with E-state index in [0.29, 0.717) is 12.4 Å². The van der Waals surface area contributed by atoms with Crippen LogP contribution in [-0.4, -0.2) is 28.7 Å². The van der Waals surface area contributed by atoms with E-state index in [1.54, 1.807) is 6.07 Å². The van der Waals surface area contributed by atoms with E-state index in [-0.39, 0.29) is 37.0 Å². The van der Waals surface area contributed by atoms with Crippen molar-refractivity contribution >= 4 is 69.7 Å². The molecule has 2 rings (SSSR count). The minimum Gasteiger partial charge on any atom is -0.492 e. The van der Waals surface area contributed by atoms with Crippen molar-refractivity contribution in [3.05, 3.63) is 56.5 Å². The Kier molecular flexibility index (Phi) is 7.26. The van der Waals surface area contributed by atoms with Crippen LogP contribution in [0.5, 0.6) is 5.75 Å². The fourth-order valence-electron chi connectivity index (χ4n) is 2.05. The molecule has 10 heteroatoms. The summed E-state index contributed by atoms with van der Waals surface area (Å²) in [5.41, 5.74) is 0.297. The number of benzene rings is 2. The van der Waals surface area contributed by atoms with Gasteiger partial charge >= 0.3 is 5.97 Å². The van der Waals surface area contributed by atoms with E-state index in [2.05, 4.69) is 10.6 Å². The molecule has 2 aromatic carbocycles. The van der Waals surface area contributed by atoms with E-state index in [0.717, 1.165) is 0 Å². The van der Waals surface area contributed by atoms with Crippen molar-refractivity contribution in [3.8, 4) is 5.75 Å². The molecule has 0 aliphatic rings. The predicted octanol–water partition coefficient (Wildman–Crippen LogP) is 4.87. The fraction of sp³-hybridized carbons (Fsp3) is 0.118. The largest absolute Gasteiger partial charge is 0.492 e. The second kappa shape index (κ2) is 9.23. The van der Waals surface area contributed by atoms with E-state index >= 15 is 0 Å². The Morgan fingerprint density at radius 3 is 2.41 bits per heavy atom. The lowest BCUT2D eigenvalue weighted by Crippen LogP contribution is -2.34. The summed E-state index contributed by atoms with van der Waals surface area (Å²) in [6.07, 6.45) is 0. The highest BCUT2D eigenvalue weighted by atomic mass is 35.5. The van der Waals surface area contributed by atoms with Gasteiger partial charge in [0.05, 0.1) is 32.9 Å². The number of amides is 1. The van der Waals surface area contributed by atoms with Gasteiger partial charge in [0.1, 0.15) is 5.75 Å². The summed E-state index contributed by atoms with van der Waals surface area (Å²) >= 11 is 23.0. The molecule has 0 fully saturated rings. The number of ether oxygens (including phenoxy) is 1. The molecular formula is C17H13Cl3N2O4S. The molecule has 0 spiro atoms. The maximum atomic E-state index is 12.3. The number of carbonyl (C=O) groups excluding carboxylic acids is 1. The van der Waals surface area contributed by atoms with Crippen LogP contribution >= 0.6 is 47.0 Å². The van der Waals surface area contributed by atoms with Crippen molar-refractivity contribution in [2.45, 2.75) is 6.92 Å². The van der Waals surface area contributed by atoms with Crippen LogP contribution in [0.1, 0.15) is 27.6 Å². The minimum absolute atomic E-state index is 0.0166. The zero-order valence-electron chi connectivity index (χ0n) is 13.8. The first-order valence-electron chi connectivity index (χ1n) is 7.50. The van der Waals surface area contributed by atoms with Crippen LogP contribution < -0.4 is 15.4 Å². The fourth-order valence-corrected chi connectivity index (χ4v) is 3.00. The van der Waals surface area contributed by atoms with Crippen LogP contribution in [0.25, 0.3) is 0 Å². The van der Waals surface area contributed by atoms with Gasteiger partial charge in [-0.1, -0.05) is 34.8 Å². The third-order valence-corrected chi connectivity index (χ3v) is 4.38. The monoisotopic (exact) mass is 446 g/mol. The zero-order chi connectivity index (χ0) is 20.1. The summed E-state index contributed by atoms with van der Waals surface area (Å²) in [7, 11) is 0. The van der Waals surface area contributed by atoms with Crippen LogP contribution in [0, 0.1) is 0 Å². The van der Waals surface area contributed by atoms with Crippen LogP contribution in [0.2, 0.25) is 15.1 Å². The van der Waals surface area contributed by atoms with Crippen LogP contribution in [0.3, 0.4) is 0 Å². The number of carboxylic acids is 1. The summed E-state index contributed by atoms with van der Waals surface area (Å²) < 4.78 is 5.31. The molecule has 0 aliphatic heterocycles. The number of hydrogen-bond acceptors (Lipinski definition) is 4. The second-order valence-electron chi connectivity index (χ2n) is 5.10. The molecule has 3 N–H and O–H groups in total. The third kappa shape index (κ3) is 5.46. The second-order valence-corrected chi connectivity index (χ2v) is 6.73. The van der Waals surface area contributed by atoms with Crippen molar-refractivity contribution in [2.24, 2.45) is 0 Å². The molecule has 0 saturated heterocycles. The molecule has 0 atom stereocenters. The molecule has 0 aliphatic carbocycles. The highest BCUT2D eigenvalue weighted by Gasteiger charge is 2.15. The molecule has 2 aromatic rings. The average molecular weight is 448 g/mol. The Hall–Kier alpha value is -2.06. The number of carbonyl (C=O) groups is 2. The van der Waals surface area contributed by atoms with Gasteiger partial charge in [0.15, 0.2) is 5.11 Å². The molecule has 0 heterocycles. The number of thiocarbonyl (C=S) groups is 1. The third-order valence-electron chi connectivity index (χ3n) is 3.26. The highest BCUT2D eigenvalue weighted by Crippen LogP contribution is 2.29. The highest BCUT2D eigenvalue weighted by molar-refractivity contribution is 7.80. The molecule has 0 unspecified atom stereocenters. The van der Waals surface area contributed by atoms with E-state index in [9.17, 15) is 9.59 Å². The Bertz CT molecular complexity index is 921. The van der Waals surface area contributed by atoms with Crippen LogP contribution in [0.15, 0.2) is 30.3 Å². The van der Waals surface area contributed by atoms with Gasteiger partial charge in [0, 0.05) is 5.56 Å². The molecule has 1 amide bonds. The summed E-state index contributed by atoms with van der Waals surface area (Å²) in [5, 5.41) is 14.6. The number of nitrogens with one attached hydrogen (secondary N) is 2. The number of rotatable bonds is 5. The van der Waals surface area contributed by atoms with Crippen molar-refractivity contribution in [1.29, 1.82) is 0 Å². The van der Waals surface area contributed by atoms with Crippen molar-refractivity contribution < 1.29 is 19.4 Å². The first-order valence-corrected chi connectivity index (χ1v) is 9.04. The quantitative estimate of drug-likeness (QED) is 0.567. The van der Waals surface area contributed by atoms with Crippen LogP contribution in [-0.2, 0) is 0 Å². The van der Waals surface area contributed by atoms with E-state index in [1.165, 1.54) is 24.3 Å². The number of hydrogen-bond donors (Lipinski definition) is 3. The maximum absolute atomic E-state index is 12.3. The van der Waals surface area contributed by atoms with E-state index < -0.39 is 11.9 Å². The van der Waals surface area contributed by atoms with Gasteiger partial charge in [0.25, 0.3) is 5.91 Å². The molecule has 6 nitrogen and oxygen atoms in total. The lowest BCUT2D eigenvalue weighted by Gasteiger charge is -2.13. The maximum Gasteiger partial charge on any atom is 0.337 e. The normalized spacial score (nSPS) is 10.2. The smallest absolute Gasteiger partial charge is 0.337 e. The molecule has 0 aromatic heterocycles. The SMILES string of the molecule is CCOc1ccc(C(=O)NC(=S)Nc2cc(C(=O)O)c(Cl)cc2Cl)cc1Cl. The molecule has 27 heavy (non-hydrogen) atoms. The topological polar surface area (TPSA) is 87.7 Å². The van der Waals surface area contributed by atoms with Gasteiger partial charge in [-0.05, 0) is 49.5 Å². The summed E-state index contributed by atoms with van der Waals surface area (Å²) in [4.78, 5) is 23.5. The Balaban J connectivity index is 2.12. The van der Waals surface area contributed by atoms with Gasteiger partial charge in [-0.25, -0.2) is 4.79 Å². The first kappa shape index (κ1) is 21.2. The molecule has 142 valence electrons. The van der Waals surface area contributed by atoms with E-state index in [1.807, 2.05) is 6.92 Å². The Morgan fingerprint density at radius 2 is 1.81 bits per heavy atom. The van der Waals surface area contributed by atoms with Crippen LogP contribution in [0.4, 0.5) is 5.69 Å². The minimum atomic E-state index is -1.22. The zero-order valence-corrected chi connectivity index (χ0v) is 16.9. The van der Waals surface area contributed by atoms with Gasteiger partial charge in [-0.3, -0.25) is 10.1 Å². The number of halogens is 3. The lowest BCUT2D eigenvalue weighted by molar-refractivity contribution is 0.0697. The standard InChI is InChI=1S/C17H13Cl3N2O4S/c1-2-26-14-4-3-8(5-12(14)20)15(23)22-17(27)21-13-6-9(16(24)25)10(18)7-11(13)19/h3-7H,2H2,1H3,(H,24,25)(H2,21,22,23,27). The summed E-state index contributed by atoms with van der Waals surface area (Å²) in [6, 6.07) is 7.05. The Labute approximate surface area is 175 Å². The Morgan fingerprint density at radius 1 is 1.11 bits per heavy atom. The van der Waals surface area contributed by atoms with Gasteiger partial charge in [-0.15, -0.1) is 0 Å². The average Bonchev–Trinajstić information content (AvgIpc) is 2.58. The predicted molar refractivity (Wildman–Crippen MR) is 110 cm³/mol. The van der Waals surface area contributed by atoms with Gasteiger partial charge < -0.3 is 15.2 Å². The first-order chi connectivity index (χ1) is 12.7. The number of anilines is 1. The van der Waals surface area contributed by atoms with Crippen molar-refractivity contribution in [1.82, 2.24) is 5.32 Å². The molecule has 0 saturated carbocycles. The summed E-state index contributed by atoms with van der Waals surface area (Å²) in [5.74, 6) is -1.27. The van der Waals surface area contributed by atoms with Gasteiger partial charge in [-0.2, -0.15) is 0 Å². The summed E-state index contributed by atoms with van der Waals surface area (Å²) in [6.45, 7) is 2.26. The van der Waals surface area contributed by atoms with Crippen molar-refractivity contribution in [3.63, 3.8) is 0 Å². The molecular weight excluding hydrogens is 435 g/mol. The lowest BCUT2D eigenvalue weighted by atomic mass is 10.2.